The van der Waals surface area contributed by atoms with Gasteiger partial charge in [-0.05, 0) is 30.3 Å². The number of hydrogen-bond donors (Lipinski definition) is 1. The number of nitrogens with zero attached hydrogens (tertiary/aromatic N) is 1. The number of nitrogen functional groups attached to an aromatic ring is 1. The van der Waals surface area contributed by atoms with Gasteiger partial charge in [0.05, 0.1) is 13.2 Å². The van der Waals surface area contributed by atoms with Crippen molar-refractivity contribution in [2.24, 2.45) is 5.16 Å². The Morgan fingerprint density at radius 2 is 2.07 bits per heavy atom. The molecule has 1 aliphatic rings. The van der Waals surface area contributed by atoms with Gasteiger partial charge in [-0.1, -0.05) is 11.2 Å². The Hall–Kier alpha value is -1.81. The molecule has 0 saturated carbocycles. The highest BCUT2D eigenvalue weighted by Crippen LogP contribution is 2.13. The Balaban J connectivity index is 2.00. The van der Waals surface area contributed by atoms with Crippen LogP contribution in [0.4, 0.5) is 5.69 Å². The fourth-order valence-electron chi connectivity index (χ4n) is 1.16. The van der Waals surface area contributed by atoms with Crippen LogP contribution in [-0.4, -0.2) is 18.9 Å². The van der Waals surface area contributed by atoms with Crippen LogP contribution in [0.5, 0.6) is 5.75 Å². The lowest BCUT2D eigenvalue weighted by atomic mass is 10.3. The third-order valence-electron chi connectivity index (χ3n) is 1.92. The molecule has 4 heteroatoms. The van der Waals surface area contributed by atoms with Crippen LogP contribution in [0.2, 0.25) is 0 Å². The van der Waals surface area contributed by atoms with Gasteiger partial charge in [-0.15, -0.1) is 0 Å². The molecule has 0 spiro atoms. The second kappa shape index (κ2) is 4.61. The Morgan fingerprint density at radius 1 is 1.27 bits per heavy atom. The van der Waals surface area contributed by atoms with Gasteiger partial charge in [0, 0.05) is 5.69 Å². The van der Waals surface area contributed by atoms with Crippen molar-refractivity contribution in [3.63, 3.8) is 0 Å². The predicted molar refractivity (Wildman–Crippen MR) is 58.9 cm³/mol. The predicted octanol–water partition coefficient (Wildman–Crippen LogP) is 1.59. The van der Waals surface area contributed by atoms with Crippen LogP contribution in [0.15, 0.2) is 41.6 Å². The topological polar surface area (TPSA) is 56.8 Å². The van der Waals surface area contributed by atoms with Crippen molar-refractivity contribution >= 4 is 11.4 Å². The zero-order valence-electron chi connectivity index (χ0n) is 8.22. The summed E-state index contributed by atoms with van der Waals surface area (Å²) < 4.78 is 5.17. The molecule has 0 atom stereocenters. The molecule has 0 saturated heterocycles. The van der Waals surface area contributed by atoms with Gasteiger partial charge in [-0.2, -0.15) is 0 Å². The summed E-state index contributed by atoms with van der Waals surface area (Å²) in [5.74, 6) is 0.663. The average Bonchev–Trinajstić information content (AvgIpc) is 2.30. The lowest BCUT2D eigenvalue weighted by Gasteiger charge is -2.07. The molecule has 0 bridgehead atoms. The summed E-state index contributed by atoms with van der Waals surface area (Å²) >= 11 is 0. The van der Waals surface area contributed by atoms with Gasteiger partial charge in [-0.25, -0.2) is 0 Å². The molecule has 0 aliphatic carbocycles. The lowest BCUT2D eigenvalue weighted by Crippen LogP contribution is -2.12. The Morgan fingerprint density at radius 3 is 2.73 bits per heavy atom. The summed E-state index contributed by atoms with van der Waals surface area (Å²) in [7, 11) is 0. The van der Waals surface area contributed by atoms with Gasteiger partial charge in [-0.3, -0.25) is 0 Å². The van der Waals surface area contributed by atoms with Gasteiger partial charge in [0.2, 0.25) is 0 Å². The molecule has 0 amide bonds. The van der Waals surface area contributed by atoms with Crippen LogP contribution in [0.3, 0.4) is 0 Å². The van der Waals surface area contributed by atoms with E-state index in [-0.39, 0.29) is 0 Å². The van der Waals surface area contributed by atoms with Gasteiger partial charge in [0.25, 0.3) is 0 Å². The minimum Gasteiger partial charge on any atom is -0.399 e. The van der Waals surface area contributed by atoms with Gasteiger partial charge in [0.15, 0.2) is 5.75 Å². The standard InChI is InChI=1S/C11H12N2O2/c12-9-3-5-11(6-4-9)15-13-10-2-1-7-14-8-10/h1-6H,7-8,12H2. The van der Waals surface area contributed by atoms with E-state index in [1.54, 1.807) is 24.3 Å². The quantitative estimate of drug-likeness (QED) is 0.588. The smallest absolute Gasteiger partial charge is 0.158 e. The van der Waals surface area contributed by atoms with Crippen molar-refractivity contribution in [3.8, 4) is 5.75 Å². The summed E-state index contributed by atoms with van der Waals surface area (Å²) in [4.78, 5) is 5.20. The molecule has 0 radical (unpaired) electrons. The van der Waals surface area contributed by atoms with Crippen LogP contribution in [0.25, 0.3) is 0 Å². The molecule has 15 heavy (non-hydrogen) atoms. The fraction of sp³-hybridized carbons (Fsp3) is 0.182. The molecule has 0 fully saturated rings. The normalized spacial score (nSPS) is 18.0. The summed E-state index contributed by atoms with van der Waals surface area (Å²) in [5.41, 5.74) is 7.02. The molecule has 0 aromatic heterocycles. The molecule has 1 aromatic rings. The number of oxime groups is 1. The summed E-state index contributed by atoms with van der Waals surface area (Å²) in [6, 6.07) is 7.07. The molecule has 1 aliphatic heterocycles. The molecule has 2 N–H and O–H groups in total. The van der Waals surface area contributed by atoms with E-state index in [2.05, 4.69) is 5.16 Å². The second-order valence-electron chi connectivity index (χ2n) is 3.16. The van der Waals surface area contributed by atoms with Crippen LogP contribution in [-0.2, 0) is 4.74 Å². The fourth-order valence-corrected chi connectivity index (χ4v) is 1.16. The maximum atomic E-state index is 5.54. The van der Waals surface area contributed by atoms with Gasteiger partial charge in [0.1, 0.15) is 5.71 Å². The van der Waals surface area contributed by atoms with E-state index in [1.165, 1.54) is 0 Å². The van der Waals surface area contributed by atoms with E-state index >= 15 is 0 Å². The third kappa shape index (κ3) is 2.82. The first kappa shape index (κ1) is 9.73. The van der Waals surface area contributed by atoms with E-state index in [9.17, 15) is 0 Å². The summed E-state index contributed by atoms with van der Waals surface area (Å²) in [6.07, 6.45) is 3.79. The highest BCUT2D eigenvalue weighted by Gasteiger charge is 2.01. The average molecular weight is 204 g/mol. The molecule has 4 nitrogen and oxygen atoms in total. The Labute approximate surface area is 88.0 Å². The highest BCUT2D eigenvalue weighted by molar-refractivity contribution is 5.96. The first-order chi connectivity index (χ1) is 7.34. The maximum Gasteiger partial charge on any atom is 0.158 e. The van der Waals surface area contributed by atoms with E-state index in [0.717, 1.165) is 5.71 Å². The number of rotatable bonds is 2. The molecule has 1 aromatic carbocycles. The first-order valence-corrected chi connectivity index (χ1v) is 4.68. The zero-order chi connectivity index (χ0) is 10.5. The van der Waals surface area contributed by atoms with E-state index in [4.69, 9.17) is 15.3 Å². The van der Waals surface area contributed by atoms with Crippen molar-refractivity contribution in [1.29, 1.82) is 0 Å². The number of benzene rings is 1. The molecule has 2 rings (SSSR count). The third-order valence-corrected chi connectivity index (χ3v) is 1.92. The van der Waals surface area contributed by atoms with Crippen LogP contribution < -0.4 is 10.6 Å². The van der Waals surface area contributed by atoms with Gasteiger partial charge >= 0.3 is 0 Å². The number of nitrogens with two attached hydrogens (primary N) is 1. The second-order valence-corrected chi connectivity index (χ2v) is 3.16. The summed E-state index contributed by atoms with van der Waals surface area (Å²) in [6.45, 7) is 1.13. The van der Waals surface area contributed by atoms with Crippen molar-refractivity contribution in [1.82, 2.24) is 0 Å². The number of anilines is 1. The lowest BCUT2D eigenvalue weighted by molar-refractivity contribution is 0.197. The monoisotopic (exact) mass is 204 g/mol. The minimum atomic E-state index is 0.492. The first-order valence-electron chi connectivity index (χ1n) is 4.68. The van der Waals surface area contributed by atoms with Gasteiger partial charge < -0.3 is 15.3 Å². The molecule has 0 unspecified atom stereocenters. The molecule has 78 valence electrons. The van der Waals surface area contributed by atoms with E-state index in [0.29, 0.717) is 24.7 Å². The maximum absolute atomic E-state index is 5.54. The van der Waals surface area contributed by atoms with Crippen molar-refractivity contribution in [2.45, 2.75) is 0 Å². The minimum absolute atomic E-state index is 0.492. The SMILES string of the molecule is Nc1ccc(ON=C2C=CCOC2)cc1. The van der Waals surface area contributed by atoms with Crippen LogP contribution in [0, 0.1) is 0 Å². The van der Waals surface area contributed by atoms with Crippen molar-refractivity contribution in [2.75, 3.05) is 18.9 Å². The summed E-state index contributed by atoms with van der Waals surface area (Å²) in [5, 5.41) is 3.95. The zero-order valence-corrected chi connectivity index (χ0v) is 8.22. The Kier molecular flexibility index (Phi) is 2.99. The van der Waals surface area contributed by atoms with Crippen molar-refractivity contribution < 1.29 is 9.57 Å². The molecular formula is C11H12N2O2. The molecule has 1 heterocycles. The van der Waals surface area contributed by atoms with E-state index in [1.807, 2.05) is 12.2 Å². The van der Waals surface area contributed by atoms with Crippen LogP contribution in [0.1, 0.15) is 0 Å². The van der Waals surface area contributed by atoms with Crippen molar-refractivity contribution in [3.05, 3.63) is 36.4 Å². The Bertz CT molecular complexity index is 382. The number of hydrogen-bond acceptors (Lipinski definition) is 4. The largest absolute Gasteiger partial charge is 0.399 e. The highest BCUT2D eigenvalue weighted by atomic mass is 16.6. The number of ether oxygens (including phenoxy) is 1. The van der Waals surface area contributed by atoms with Crippen LogP contribution >= 0.6 is 0 Å². The molecular weight excluding hydrogens is 192 g/mol. The van der Waals surface area contributed by atoms with E-state index < -0.39 is 0 Å².